The van der Waals surface area contributed by atoms with Crippen molar-refractivity contribution in [1.29, 1.82) is 0 Å². The Kier molecular flexibility index (Phi) is 7.14. The molecular weight excluding hydrogens is 412 g/mol. The lowest BCUT2D eigenvalue weighted by Crippen LogP contribution is -2.33. The molecule has 0 aliphatic carbocycles. The van der Waals surface area contributed by atoms with Crippen molar-refractivity contribution in [2.75, 3.05) is 7.11 Å². The SMILES string of the molecule is COC(=O)c1ccc(C(=O)C(Cc2cccc(OC(F)(F)C(F)F)c2)C(=O)O)cc1. The van der Waals surface area contributed by atoms with Crippen molar-refractivity contribution in [3.63, 3.8) is 0 Å². The maximum absolute atomic E-state index is 13.1. The van der Waals surface area contributed by atoms with Gasteiger partial charge in [0.1, 0.15) is 11.7 Å². The first kappa shape index (κ1) is 22.9. The van der Waals surface area contributed by atoms with Crippen LogP contribution in [0.3, 0.4) is 0 Å². The normalized spacial score (nSPS) is 12.3. The molecule has 0 aliphatic heterocycles. The van der Waals surface area contributed by atoms with E-state index < -0.39 is 48.3 Å². The predicted molar refractivity (Wildman–Crippen MR) is 95.0 cm³/mol. The number of methoxy groups -OCH3 is 1. The van der Waals surface area contributed by atoms with Gasteiger partial charge in [0.15, 0.2) is 5.78 Å². The Bertz CT molecular complexity index is 927. The van der Waals surface area contributed by atoms with E-state index in [1.54, 1.807) is 0 Å². The van der Waals surface area contributed by atoms with Crippen molar-refractivity contribution in [1.82, 2.24) is 0 Å². The second-order valence-electron chi connectivity index (χ2n) is 6.14. The highest BCUT2D eigenvalue weighted by atomic mass is 19.3. The Hall–Kier alpha value is -3.43. The molecule has 0 amide bonds. The Labute approximate surface area is 168 Å². The van der Waals surface area contributed by atoms with Crippen LogP contribution in [0.15, 0.2) is 48.5 Å². The van der Waals surface area contributed by atoms with Crippen molar-refractivity contribution in [2.24, 2.45) is 5.92 Å². The molecule has 1 unspecified atom stereocenters. The van der Waals surface area contributed by atoms with Gasteiger partial charge in [-0.1, -0.05) is 24.3 Å². The average molecular weight is 428 g/mol. The molecule has 0 saturated heterocycles. The quantitative estimate of drug-likeness (QED) is 0.283. The minimum absolute atomic E-state index is 0.00620. The zero-order valence-electron chi connectivity index (χ0n) is 15.5. The molecule has 0 saturated carbocycles. The van der Waals surface area contributed by atoms with E-state index in [0.717, 1.165) is 12.1 Å². The molecule has 0 bridgehead atoms. The van der Waals surface area contributed by atoms with Crippen LogP contribution < -0.4 is 4.74 Å². The summed E-state index contributed by atoms with van der Waals surface area (Å²) in [7, 11) is 1.18. The largest absolute Gasteiger partial charge is 0.481 e. The van der Waals surface area contributed by atoms with Gasteiger partial charge in [0, 0.05) is 5.56 Å². The number of alkyl halides is 4. The van der Waals surface area contributed by atoms with Gasteiger partial charge in [-0.05, 0) is 36.2 Å². The lowest BCUT2D eigenvalue weighted by atomic mass is 9.91. The zero-order chi connectivity index (χ0) is 22.5. The molecule has 30 heavy (non-hydrogen) atoms. The van der Waals surface area contributed by atoms with Gasteiger partial charge in [0.2, 0.25) is 0 Å². The number of esters is 1. The van der Waals surface area contributed by atoms with E-state index >= 15 is 0 Å². The number of ketones is 1. The molecule has 0 heterocycles. The van der Waals surface area contributed by atoms with Crippen LogP contribution in [0.4, 0.5) is 17.6 Å². The Balaban J connectivity index is 2.21. The molecule has 1 N–H and O–H groups in total. The molecule has 0 fully saturated rings. The number of hydrogen-bond acceptors (Lipinski definition) is 5. The van der Waals surface area contributed by atoms with Gasteiger partial charge in [0.05, 0.1) is 12.7 Å². The van der Waals surface area contributed by atoms with Gasteiger partial charge < -0.3 is 14.6 Å². The summed E-state index contributed by atoms with van der Waals surface area (Å²) in [4.78, 5) is 35.6. The molecule has 160 valence electrons. The molecule has 0 aromatic heterocycles. The van der Waals surface area contributed by atoms with E-state index in [4.69, 9.17) is 0 Å². The standard InChI is InChI=1S/C20H16F4O6/c1-29-18(28)13-7-5-12(6-8-13)16(25)15(17(26)27)10-11-3-2-4-14(9-11)30-20(23,24)19(21)22/h2-9,15,19H,10H2,1H3,(H,26,27). The number of carbonyl (C=O) groups excluding carboxylic acids is 2. The molecule has 2 rings (SSSR count). The summed E-state index contributed by atoms with van der Waals surface area (Å²) in [6.45, 7) is 0. The lowest BCUT2D eigenvalue weighted by molar-refractivity contribution is -0.253. The number of aliphatic carboxylic acids is 1. The topological polar surface area (TPSA) is 89.9 Å². The number of carboxylic acid groups (broad SMARTS) is 1. The van der Waals surface area contributed by atoms with E-state index in [-0.39, 0.29) is 16.7 Å². The molecule has 6 nitrogen and oxygen atoms in total. The highest BCUT2D eigenvalue weighted by Gasteiger charge is 2.44. The minimum atomic E-state index is -4.72. The van der Waals surface area contributed by atoms with Gasteiger partial charge in [-0.3, -0.25) is 9.59 Å². The second-order valence-corrected chi connectivity index (χ2v) is 6.14. The number of carbonyl (C=O) groups is 3. The smallest absolute Gasteiger partial charge is 0.461 e. The van der Waals surface area contributed by atoms with Gasteiger partial charge >= 0.3 is 24.5 Å². The summed E-state index contributed by atoms with van der Waals surface area (Å²) in [6.07, 6.45) is -9.17. The van der Waals surface area contributed by atoms with E-state index in [9.17, 15) is 37.1 Å². The number of Topliss-reactive ketones (excluding diaryl/α,β-unsaturated/α-hetero) is 1. The molecule has 0 aliphatic rings. The van der Waals surface area contributed by atoms with E-state index in [2.05, 4.69) is 9.47 Å². The van der Waals surface area contributed by atoms with Crippen LogP contribution in [0.5, 0.6) is 5.75 Å². The highest BCUT2D eigenvalue weighted by Crippen LogP contribution is 2.28. The van der Waals surface area contributed by atoms with E-state index in [0.29, 0.717) is 0 Å². The maximum atomic E-state index is 13.1. The fraction of sp³-hybridized carbons (Fsp3) is 0.250. The molecule has 2 aromatic rings. The summed E-state index contributed by atoms with van der Waals surface area (Å²) in [5, 5.41) is 9.43. The number of carboxylic acids is 1. The first-order valence-electron chi connectivity index (χ1n) is 8.44. The number of halogens is 4. The average Bonchev–Trinajstić information content (AvgIpc) is 2.70. The van der Waals surface area contributed by atoms with Crippen LogP contribution in [0.1, 0.15) is 26.3 Å². The summed E-state index contributed by atoms with van der Waals surface area (Å²) in [6, 6.07) is 9.61. The van der Waals surface area contributed by atoms with Gasteiger partial charge in [0.25, 0.3) is 0 Å². The predicted octanol–water partition coefficient (Wildman–Crippen LogP) is 3.84. The van der Waals surface area contributed by atoms with Crippen LogP contribution in [0, 0.1) is 5.92 Å². The Morgan fingerprint density at radius 2 is 1.63 bits per heavy atom. The van der Waals surface area contributed by atoms with E-state index in [1.165, 1.54) is 43.5 Å². The van der Waals surface area contributed by atoms with Crippen LogP contribution >= 0.6 is 0 Å². The van der Waals surface area contributed by atoms with Crippen molar-refractivity contribution < 1.29 is 46.5 Å². The molecule has 1 atom stereocenters. The van der Waals surface area contributed by atoms with Crippen LogP contribution in [0.25, 0.3) is 0 Å². The fourth-order valence-corrected chi connectivity index (χ4v) is 2.56. The van der Waals surface area contributed by atoms with Crippen LogP contribution in [-0.2, 0) is 16.0 Å². The number of ether oxygens (including phenoxy) is 2. The highest BCUT2D eigenvalue weighted by molar-refractivity contribution is 6.08. The maximum Gasteiger partial charge on any atom is 0.461 e. The number of hydrogen-bond donors (Lipinski definition) is 1. The third kappa shape index (κ3) is 5.56. The summed E-state index contributed by atoms with van der Waals surface area (Å²) < 4.78 is 59.2. The fourth-order valence-electron chi connectivity index (χ4n) is 2.56. The summed E-state index contributed by atoms with van der Waals surface area (Å²) in [5.41, 5.74) is 0.280. The van der Waals surface area contributed by atoms with Crippen molar-refractivity contribution in [3.05, 3.63) is 65.2 Å². The third-order valence-corrected chi connectivity index (χ3v) is 4.05. The Morgan fingerprint density at radius 3 is 2.17 bits per heavy atom. The summed E-state index contributed by atoms with van der Waals surface area (Å²) in [5.74, 6) is -5.08. The summed E-state index contributed by atoms with van der Waals surface area (Å²) >= 11 is 0. The Morgan fingerprint density at radius 1 is 1.03 bits per heavy atom. The monoisotopic (exact) mass is 428 g/mol. The minimum Gasteiger partial charge on any atom is -0.481 e. The molecule has 2 aromatic carbocycles. The van der Waals surface area contributed by atoms with Gasteiger partial charge in [-0.15, -0.1) is 0 Å². The third-order valence-electron chi connectivity index (χ3n) is 4.05. The molecule has 0 spiro atoms. The van der Waals surface area contributed by atoms with Crippen LogP contribution in [0.2, 0.25) is 0 Å². The number of benzene rings is 2. The first-order chi connectivity index (χ1) is 14.0. The lowest BCUT2D eigenvalue weighted by Gasteiger charge is -2.18. The van der Waals surface area contributed by atoms with Crippen molar-refractivity contribution in [3.8, 4) is 5.75 Å². The number of rotatable bonds is 9. The second kappa shape index (κ2) is 9.38. The van der Waals surface area contributed by atoms with Gasteiger partial charge in [-0.25, -0.2) is 4.79 Å². The van der Waals surface area contributed by atoms with Gasteiger partial charge in [-0.2, -0.15) is 17.6 Å². The van der Waals surface area contributed by atoms with Crippen LogP contribution in [-0.4, -0.2) is 42.5 Å². The van der Waals surface area contributed by atoms with Crippen molar-refractivity contribution in [2.45, 2.75) is 19.0 Å². The van der Waals surface area contributed by atoms with E-state index in [1.807, 2.05) is 0 Å². The zero-order valence-corrected chi connectivity index (χ0v) is 15.5. The first-order valence-corrected chi connectivity index (χ1v) is 8.44. The molecule has 0 radical (unpaired) electrons. The molecular formula is C20H16F4O6. The van der Waals surface area contributed by atoms with Crippen molar-refractivity contribution >= 4 is 17.7 Å². The molecule has 10 heteroatoms.